The Labute approximate surface area is 158 Å². The monoisotopic (exact) mass is 364 g/mol. The van der Waals surface area contributed by atoms with Gasteiger partial charge in [-0.3, -0.25) is 0 Å². The van der Waals surface area contributed by atoms with Crippen LogP contribution in [0.15, 0.2) is 54.9 Å². The summed E-state index contributed by atoms with van der Waals surface area (Å²) in [6.07, 6.45) is 2.44. The van der Waals surface area contributed by atoms with E-state index in [9.17, 15) is 5.11 Å². The Bertz CT molecular complexity index is 872. The van der Waals surface area contributed by atoms with Crippen molar-refractivity contribution in [3.8, 4) is 11.1 Å². The average molecular weight is 364 g/mol. The van der Waals surface area contributed by atoms with Crippen LogP contribution in [0.1, 0.15) is 31.2 Å². The highest BCUT2D eigenvalue weighted by Gasteiger charge is 2.31. The molecular formula is C20H24N6O. The van der Waals surface area contributed by atoms with Crippen LogP contribution in [-0.2, 0) is 6.42 Å². The molecule has 0 saturated heterocycles. The molecule has 2 aromatic heterocycles. The zero-order chi connectivity index (χ0) is 19.4. The lowest BCUT2D eigenvalue weighted by Gasteiger charge is -2.27. The Hall–Kier alpha value is -3.22. The number of allylic oxidation sites excluding steroid dienone is 1. The van der Waals surface area contributed by atoms with E-state index < -0.39 is 0 Å². The molecule has 0 spiro atoms. The SMILES string of the molecule is C=C(O)[C@@H](C(C)C)[C@H](Cc1ccc(-c2ccc(N)nc2)cc1)c1nnn[nH]1. The van der Waals surface area contributed by atoms with Gasteiger partial charge in [0.1, 0.15) is 5.82 Å². The minimum Gasteiger partial charge on any atom is -0.513 e. The number of aliphatic hydroxyl groups is 1. The number of pyridine rings is 1. The number of hydrogen-bond donors (Lipinski definition) is 3. The topological polar surface area (TPSA) is 114 Å². The molecule has 27 heavy (non-hydrogen) atoms. The van der Waals surface area contributed by atoms with Gasteiger partial charge in [-0.25, -0.2) is 10.1 Å². The lowest BCUT2D eigenvalue weighted by atomic mass is 9.78. The third-order valence-electron chi connectivity index (χ3n) is 4.78. The van der Waals surface area contributed by atoms with Gasteiger partial charge in [0.2, 0.25) is 0 Å². The molecule has 3 rings (SSSR count). The van der Waals surface area contributed by atoms with Gasteiger partial charge < -0.3 is 10.8 Å². The molecule has 140 valence electrons. The van der Waals surface area contributed by atoms with Crippen LogP contribution in [0.2, 0.25) is 0 Å². The third kappa shape index (κ3) is 4.31. The smallest absolute Gasteiger partial charge is 0.152 e. The van der Waals surface area contributed by atoms with Crippen molar-refractivity contribution in [2.45, 2.75) is 26.2 Å². The van der Waals surface area contributed by atoms with Gasteiger partial charge in [0.05, 0.1) is 5.76 Å². The molecule has 0 radical (unpaired) electrons. The van der Waals surface area contributed by atoms with Gasteiger partial charge in [0, 0.05) is 23.6 Å². The van der Waals surface area contributed by atoms with Crippen molar-refractivity contribution >= 4 is 5.82 Å². The van der Waals surface area contributed by atoms with Gasteiger partial charge in [-0.1, -0.05) is 44.7 Å². The fourth-order valence-corrected chi connectivity index (χ4v) is 3.46. The van der Waals surface area contributed by atoms with Crippen LogP contribution in [-0.4, -0.2) is 30.7 Å². The molecule has 0 saturated carbocycles. The molecule has 0 bridgehead atoms. The maximum atomic E-state index is 10.2. The van der Waals surface area contributed by atoms with Crippen molar-refractivity contribution < 1.29 is 5.11 Å². The van der Waals surface area contributed by atoms with Crippen LogP contribution in [0.5, 0.6) is 0 Å². The summed E-state index contributed by atoms with van der Waals surface area (Å²) in [4.78, 5) is 4.14. The van der Waals surface area contributed by atoms with Crippen molar-refractivity contribution in [2.24, 2.45) is 11.8 Å². The van der Waals surface area contributed by atoms with Gasteiger partial charge in [-0.15, -0.1) is 5.10 Å². The fourth-order valence-electron chi connectivity index (χ4n) is 3.46. The van der Waals surface area contributed by atoms with Crippen molar-refractivity contribution in [1.29, 1.82) is 0 Å². The lowest BCUT2D eigenvalue weighted by molar-refractivity contribution is 0.243. The van der Waals surface area contributed by atoms with E-state index in [4.69, 9.17) is 5.73 Å². The minimum absolute atomic E-state index is 0.0958. The number of anilines is 1. The Morgan fingerprint density at radius 3 is 2.37 bits per heavy atom. The largest absolute Gasteiger partial charge is 0.513 e. The van der Waals surface area contributed by atoms with Crippen molar-refractivity contribution in [3.05, 3.63) is 66.3 Å². The summed E-state index contributed by atoms with van der Waals surface area (Å²) < 4.78 is 0. The van der Waals surface area contributed by atoms with Crippen LogP contribution in [0.25, 0.3) is 11.1 Å². The van der Waals surface area contributed by atoms with Gasteiger partial charge in [0.15, 0.2) is 5.82 Å². The van der Waals surface area contributed by atoms with Crippen LogP contribution in [0.3, 0.4) is 0 Å². The second-order valence-electron chi connectivity index (χ2n) is 7.03. The second-order valence-corrected chi connectivity index (χ2v) is 7.03. The van der Waals surface area contributed by atoms with E-state index in [1.54, 1.807) is 12.3 Å². The van der Waals surface area contributed by atoms with E-state index in [1.807, 2.05) is 6.07 Å². The summed E-state index contributed by atoms with van der Waals surface area (Å²) in [6, 6.07) is 12.0. The molecule has 7 nitrogen and oxygen atoms in total. The number of H-pyrrole nitrogens is 1. The number of nitrogens with one attached hydrogen (secondary N) is 1. The first kappa shape index (κ1) is 18.6. The van der Waals surface area contributed by atoms with Gasteiger partial charge in [0.25, 0.3) is 0 Å². The molecule has 1 aromatic carbocycles. The zero-order valence-corrected chi connectivity index (χ0v) is 15.5. The summed E-state index contributed by atoms with van der Waals surface area (Å²) in [6.45, 7) is 7.88. The molecule has 0 aliphatic rings. The normalized spacial score (nSPS) is 13.4. The maximum absolute atomic E-state index is 10.2. The predicted octanol–water partition coefficient (Wildman–Crippen LogP) is 3.51. The molecule has 7 heteroatoms. The number of benzene rings is 1. The summed E-state index contributed by atoms with van der Waals surface area (Å²) >= 11 is 0. The summed E-state index contributed by atoms with van der Waals surface area (Å²) in [5, 5.41) is 24.5. The quantitative estimate of drug-likeness (QED) is 0.553. The molecule has 0 unspecified atom stereocenters. The number of tetrazole rings is 1. The first-order valence-corrected chi connectivity index (χ1v) is 8.88. The number of rotatable bonds is 7. The highest BCUT2D eigenvalue weighted by molar-refractivity contribution is 5.63. The second kappa shape index (κ2) is 7.99. The molecule has 3 aromatic rings. The van der Waals surface area contributed by atoms with Gasteiger partial charge in [-0.2, -0.15) is 0 Å². The summed E-state index contributed by atoms with van der Waals surface area (Å²) in [5.74, 6) is 1.24. The lowest BCUT2D eigenvalue weighted by Crippen LogP contribution is -2.23. The number of aromatic amines is 1. The first-order chi connectivity index (χ1) is 13.0. The van der Waals surface area contributed by atoms with Crippen LogP contribution < -0.4 is 5.73 Å². The number of hydrogen-bond acceptors (Lipinski definition) is 6. The van der Waals surface area contributed by atoms with E-state index in [1.165, 1.54) is 0 Å². The van der Waals surface area contributed by atoms with Gasteiger partial charge >= 0.3 is 0 Å². The zero-order valence-electron chi connectivity index (χ0n) is 15.5. The van der Waals surface area contributed by atoms with E-state index in [0.717, 1.165) is 16.7 Å². The molecule has 0 aliphatic carbocycles. The highest BCUT2D eigenvalue weighted by atomic mass is 16.3. The number of aromatic nitrogens is 5. The maximum Gasteiger partial charge on any atom is 0.152 e. The van der Waals surface area contributed by atoms with Crippen LogP contribution in [0, 0.1) is 11.8 Å². The highest BCUT2D eigenvalue weighted by Crippen LogP contribution is 2.35. The summed E-state index contributed by atoms with van der Waals surface area (Å²) in [7, 11) is 0. The van der Waals surface area contributed by atoms with Crippen molar-refractivity contribution in [3.63, 3.8) is 0 Å². The first-order valence-electron chi connectivity index (χ1n) is 8.88. The molecule has 2 heterocycles. The van der Waals surface area contributed by atoms with Crippen molar-refractivity contribution in [2.75, 3.05) is 5.73 Å². The molecule has 0 amide bonds. The fraction of sp³-hybridized carbons (Fsp3) is 0.300. The van der Waals surface area contributed by atoms with Crippen LogP contribution in [0.4, 0.5) is 5.82 Å². The van der Waals surface area contributed by atoms with Gasteiger partial charge in [-0.05, 0) is 46.0 Å². The van der Waals surface area contributed by atoms with E-state index in [2.05, 4.69) is 70.3 Å². The van der Waals surface area contributed by atoms with E-state index in [-0.39, 0.29) is 23.5 Å². The van der Waals surface area contributed by atoms with Crippen molar-refractivity contribution in [1.82, 2.24) is 25.6 Å². The Kier molecular flexibility index (Phi) is 5.49. The molecule has 0 fully saturated rings. The van der Waals surface area contributed by atoms with E-state index >= 15 is 0 Å². The summed E-state index contributed by atoms with van der Waals surface area (Å²) in [5.41, 5.74) is 8.85. The number of nitrogens with zero attached hydrogens (tertiary/aromatic N) is 4. The molecule has 4 N–H and O–H groups in total. The Morgan fingerprint density at radius 1 is 1.15 bits per heavy atom. The Morgan fingerprint density at radius 2 is 1.85 bits per heavy atom. The van der Waals surface area contributed by atoms with Crippen LogP contribution >= 0.6 is 0 Å². The molecule has 0 aliphatic heterocycles. The Balaban J connectivity index is 1.85. The molecule has 2 atom stereocenters. The minimum atomic E-state index is -0.152. The molecular weight excluding hydrogens is 340 g/mol. The standard InChI is InChI=1S/C20H24N6O/c1-12(2)19(13(3)27)17(20-23-25-26-24-20)10-14-4-6-15(7-5-14)16-8-9-18(21)22-11-16/h4-9,11-12,17,19,27H,3,10H2,1-2H3,(H2,21,22)(H,23,24,25,26)/t17-,19+/m0/s1. The average Bonchev–Trinajstić information content (AvgIpc) is 3.16. The third-order valence-corrected chi connectivity index (χ3v) is 4.78. The number of aliphatic hydroxyl groups excluding tert-OH is 1. The number of nitrogens with two attached hydrogens (primary N) is 1. The number of nitrogen functional groups attached to an aromatic ring is 1. The predicted molar refractivity (Wildman–Crippen MR) is 105 cm³/mol. The van der Waals surface area contributed by atoms with E-state index in [0.29, 0.717) is 18.1 Å².